The van der Waals surface area contributed by atoms with E-state index in [0.29, 0.717) is 6.07 Å². The van der Waals surface area contributed by atoms with Gasteiger partial charge in [0.2, 0.25) is 0 Å². The molecule has 0 saturated heterocycles. The number of esters is 1. The second-order valence-corrected chi connectivity index (χ2v) is 4.01. The summed E-state index contributed by atoms with van der Waals surface area (Å²) in [6, 6.07) is 2.37. The highest BCUT2D eigenvalue weighted by Gasteiger charge is 2.37. The summed E-state index contributed by atoms with van der Waals surface area (Å²) in [6.45, 7) is 1.48. The minimum Gasteiger partial charge on any atom is -0.468 e. The van der Waals surface area contributed by atoms with Gasteiger partial charge in [-0.1, -0.05) is 13.0 Å². The zero-order valence-corrected chi connectivity index (χ0v) is 10.8. The third-order valence-electron chi connectivity index (χ3n) is 2.78. The summed E-state index contributed by atoms with van der Waals surface area (Å²) in [5.74, 6) is -4.93. The van der Waals surface area contributed by atoms with Gasteiger partial charge in [0, 0.05) is 0 Å². The molecule has 0 aliphatic carbocycles. The van der Waals surface area contributed by atoms with E-state index in [2.05, 4.69) is 4.74 Å². The first-order chi connectivity index (χ1) is 9.23. The number of hydrogen-bond acceptors (Lipinski definition) is 3. The SMILES string of the molecule is CCC(C(=O)OC)C(=O)c1cccc(C(F)(F)F)c1F. The van der Waals surface area contributed by atoms with E-state index >= 15 is 0 Å². The molecule has 0 bridgehead atoms. The summed E-state index contributed by atoms with van der Waals surface area (Å²) < 4.78 is 55.8. The summed E-state index contributed by atoms with van der Waals surface area (Å²) in [5.41, 5.74) is -2.31. The Bertz CT molecular complexity index is 523. The van der Waals surface area contributed by atoms with Crippen molar-refractivity contribution in [3.63, 3.8) is 0 Å². The molecule has 0 fully saturated rings. The Labute approximate surface area is 112 Å². The van der Waals surface area contributed by atoms with E-state index in [4.69, 9.17) is 0 Å². The number of carbonyl (C=O) groups excluding carboxylic acids is 2. The Morgan fingerprint density at radius 3 is 2.35 bits per heavy atom. The van der Waals surface area contributed by atoms with Gasteiger partial charge in [-0.3, -0.25) is 9.59 Å². The maximum Gasteiger partial charge on any atom is 0.419 e. The lowest BCUT2D eigenvalue weighted by Crippen LogP contribution is -2.26. The first kappa shape index (κ1) is 16.1. The van der Waals surface area contributed by atoms with Gasteiger partial charge < -0.3 is 4.74 Å². The molecule has 1 aromatic carbocycles. The number of Topliss-reactive ketones (excluding diaryl/α,β-unsaturated/α-hetero) is 1. The van der Waals surface area contributed by atoms with E-state index < -0.39 is 40.8 Å². The summed E-state index contributed by atoms with van der Waals surface area (Å²) >= 11 is 0. The second kappa shape index (κ2) is 6.02. The number of hydrogen-bond donors (Lipinski definition) is 0. The Morgan fingerprint density at radius 2 is 1.90 bits per heavy atom. The maximum absolute atomic E-state index is 13.8. The predicted molar refractivity (Wildman–Crippen MR) is 61.5 cm³/mol. The molecule has 1 unspecified atom stereocenters. The fraction of sp³-hybridized carbons (Fsp3) is 0.385. The van der Waals surface area contributed by atoms with Crippen molar-refractivity contribution in [1.29, 1.82) is 0 Å². The molecule has 0 spiro atoms. The van der Waals surface area contributed by atoms with Crippen molar-refractivity contribution in [2.24, 2.45) is 5.92 Å². The predicted octanol–water partition coefficient (Wildman–Crippen LogP) is 3.23. The average Bonchev–Trinajstić information content (AvgIpc) is 2.37. The van der Waals surface area contributed by atoms with Crippen LogP contribution in [0, 0.1) is 11.7 Å². The van der Waals surface area contributed by atoms with E-state index in [-0.39, 0.29) is 6.42 Å². The number of alkyl halides is 3. The smallest absolute Gasteiger partial charge is 0.419 e. The van der Waals surface area contributed by atoms with Crippen LogP contribution in [0.25, 0.3) is 0 Å². The van der Waals surface area contributed by atoms with Gasteiger partial charge in [0.05, 0.1) is 18.2 Å². The number of ether oxygens (including phenoxy) is 1. The van der Waals surface area contributed by atoms with Crippen molar-refractivity contribution in [2.45, 2.75) is 19.5 Å². The third-order valence-corrected chi connectivity index (χ3v) is 2.78. The summed E-state index contributed by atoms with van der Waals surface area (Å²) in [5, 5.41) is 0. The topological polar surface area (TPSA) is 43.4 Å². The van der Waals surface area contributed by atoms with Crippen molar-refractivity contribution >= 4 is 11.8 Å². The minimum absolute atomic E-state index is 0.00118. The van der Waals surface area contributed by atoms with Crippen LogP contribution in [-0.4, -0.2) is 18.9 Å². The lowest BCUT2D eigenvalue weighted by Gasteiger charge is -2.14. The summed E-state index contributed by atoms with van der Waals surface area (Å²) in [6.07, 6.45) is -4.91. The van der Waals surface area contributed by atoms with Gasteiger partial charge in [0.25, 0.3) is 0 Å². The van der Waals surface area contributed by atoms with Crippen LogP contribution in [0.2, 0.25) is 0 Å². The van der Waals surface area contributed by atoms with Crippen LogP contribution in [-0.2, 0) is 15.7 Å². The number of ketones is 1. The molecule has 0 aliphatic rings. The molecule has 0 radical (unpaired) electrons. The first-order valence-electron chi connectivity index (χ1n) is 5.71. The van der Waals surface area contributed by atoms with E-state index in [0.717, 1.165) is 19.2 Å². The van der Waals surface area contributed by atoms with E-state index in [1.54, 1.807) is 0 Å². The molecule has 110 valence electrons. The molecule has 0 N–H and O–H groups in total. The molecule has 0 amide bonds. The van der Waals surface area contributed by atoms with Gasteiger partial charge in [0.1, 0.15) is 11.7 Å². The number of methoxy groups -OCH3 is 1. The zero-order valence-electron chi connectivity index (χ0n) is 10.8. The molecule has 3 nitrogen and oxygen atoms in total. The van der Waals surface area contributed by atoms with Crippen LogP contribution >= 0.6 is 0 Å². The molecule has 1 aromatic rings. The highest BCUT2D eigenvalue weighted by atomic mass is 19.4. The number of rotatable bonds is 4. The lowest BCUT2D eigenvalue weighted by atomic mass is 9.93. The average molecular weight is 292 g/mol. The second-order valence-electron chi connectivity index (χ2n) is 4.01. The third kappa shape index (κ3) is 3.15. The van der Waals surface area contributed by atoms with Crippen LogP contribution in [0.3, 0.4) is 0 Å². The molecule has 0 aliphatic heterocycles. The Morgan fingerprint density at radius 1 is 1.30 bits per heavy atom. The summed E-state index contributed by atoms with van der Waals surface area (Å²) in [7, 11) is 1.04. The first-order valence-corrected chi connectivity index (χ1v) is 5.71. The zero-order chi connectivity index (χ0) is 15.5. The highest BCUT2D eigenvalue weighted by Crippen LogP contribution is 2.33. The molecule has 20 heavy (non-hydrogen) atoms. The van der Waals surface area contributed by atoms with Crippen LogP contribution < -0.4 is 0 Å². The molecule has 0 heterocycles. The largest absolute Gasteiger partial charge is 0.468 e. The lowest BCUT2D eigenvalue weighted by molar-refractivity contribution is -0.143. The molecule has 0 aromatic heterocycles. The number of carbonyl (C=O) groups is 2. The Balaban J connectivity index is 3.27. The van der Waals surface area contributed by atoms with Gasteiger partial charge in [-0.05, 0) is 18.6 Å². The van der Waals surface area contributed by atoms with Crippen molar-refractivity contribution in [2.75, 3.05) is 7.11 Å². The fourth-order valence-corrected chi connectivity index (χ4v) is 1.73. The van der Waals surface area contributed by atoms with Gasteiger partial charge in [-0.2, -0.15) is 13.2 Å². The molecule has 1 atom stereocenters. The van der Waals surface area contributed by atoms with Crippen LogP contribution in [0.5, 0.6) is 0 Å². The van der Waals surface area contributed by atoms with Crippen LogP contribution in [0.15, 0.2) is 18.2 Å². The van der Waals surface area contributed by atoms with E-state index in [1.807, 2.05) is 0 Å². The van der Waals surface area contributed by atoms with Crippen molar-refractivity contribution in [3.8, 4) is 0 Å². The number of benzene rings is 1. The van der Waals surface area contributed by atoms with Crippen molar-refractivity contribution in [3.05, 3.63) is 35.1 Å². The highest BCUT2D eigenvalue weighted by molar-refractivity contribution is 6.08. The maximum atomic E-state index is 13.8. The minimum atomic E-state index is -4.91. The van der Waals surface area contributed by atoms with Gasteiger partial charge in [0.15, 0.2) is 5.78 Å². The molecular weight excluding hydrogens is 280 g/mol. The molecule has 1 rings (SSSR count). The Hall–Kier alpha value is -1.92. The van der Waals surface area contributed by atoms with Gasteiger partial charge in [-0.25, -0.2) is 4.39 Å². The standard InChI is InChI=1S/C13H12F4O3/c1-3-7(12(19)20-2)11(18)8-5-4-6-9(10(8)14)13(15,16)17/h4-7H,3H2,1-2H3. The fourth-order valence-electron chi connectivity index (χ4n) is 1.73. The number of halogens is 4. The van der Waals surface area contributed by atoms with Crippen LogP contribution in [0.1, 0.15) is 29.3 Å². The quantitative estimate of drug-likeness (QED) is 0.370. The molecule has 7 heteroatoms. The van der Waals surface area contributed by atoms with Crippen molar-refractivity contribution < 1.29 is 31.9 Å². The van der Waals surface area contributed by atoms with Gasteiger partial charge in [-0.15, -0.1) is 0 Å². The monoisotopic (exact) mass is 292 g/mol. The molecular formula is C13H12F4O3. The van der Waals surface area contributed by atoms with E-state index in [1.165, 1.54) is 6.92 Å². The summed E-state index contributed by atoms with van der Waals surface area (Å²) in [4.78, 5) is 23.3. The normalized spacial score (nSPS) is 12.9. The Kier molecular flexibility index (Phi) is 4.86. The van der Waals surface area contributed by atoms with Crippen molar-refractivity contribution in [1.82, 2.24) is 0 Å². The van der Waals surface area contributed by atoms with Gasteiger partial charge >= 0.3 is 12.1 Å². The molecule has 0 saturated carbocycles. The van der Waals surface area contributed by atoms with E-state index in [9.17, 15) is 27.2 Å². The van der Waals surface area contributed by atoms with Crippen LogP contribution in [0.4, 0.5) is 17.6 Å².